The van der Waals surface area contributed by atoms with Gasteiger partial charge >= 0.3 is 0 Å². The van der Waals surface area contributed by atoms with E-state index in [1.165, 1.54) is 38.8 Å². The maximum Gasteiger partial charge on any atom is 0.0465 e. The SMILES string of the molecule is C=Cc1[nH]c2ccc(-c3ccc(-c4ccc(C)cc4)cc3)cc2c1/C=C\C. The van der Waals surface area contributed by atoms with Crippen LogP contribution in [0.25, 0.3) is 45.3 Å². The summed E-state index contributed by atoms with van der Waals surface area (Å²) in [5, 5.41) is 1.23. The Morgan fingerprint density at radius 3 is 1.93 bits per heavy atom. The lowest BCUT2D eigenvalue weighted by Gasteiger charge is -2.06. The van der Waals surface area contributed by atoms with Crippen molar-refractivity contribution in [2.45, 2.75) is 13.8 Å². The lowest BCUT2D eigenvalue weighted by atomic mass is 9.98. The maximum atomic E-state index is 3.93. The summed E-state index contributed by atoms with van der Waals surface area (Å²) in [5.74, 6) is 0. The average molecular weight is 349 g/mol. The molecule has 4 aromatic rings. The largest absolute Gasteiger partial charge is 0.355 e. The average Bonchev–Trinajstić information content (AvgIpc) is 3.06. The van der Waals surface area contributed by atoms with Crippen molar-refractivity contribution in [3.8, 4) is 22.3 Å². The first-order valence-electron chi connectivity index (χ1n) is 9.28. The Labute approximate surface area is 160 Å². The zero-order valence-corrected chi connectivity index (χ0v) is 15.8. The molecule has 0 aliphatic carbocycles. The van der Waals surface area contributed by atoms with E-state index < -0.39 is 0 Å². The second-order valence-electron chi connectivity index (χ2n) is 6.86. The fourth-order valence-electron chi connectivity index (χ4n) is 3.52. The van der Waals surface area contributed by atoms with Crippen LogP contribution < -0.4 is 0 Å². The number of aromatic nitrogens is 1. The molecule has 0 bridgehead atoms. The molecule has 1 nitrogen and oxygen atoms in total. The normalized spacial score (nSPS) is 11.3. The van der Waals surface area contributed by atoms with E-state index in [0.717, 1.165) is 11.2 Å². The van der Waals surface area contributed by atoms with E-state index in [2.05, 4.69) is 97.4 Å². The molecule has 3 aromatic carbocycles. The maximum absolute atomic E-state index is 3.93. The molecule has 0 aliphatic rings. The molecule has 0 fully saturated rings. The zero-order chi connectivity index (χ0) is 18.8. The third kappa shape index (κ3) is 3.24. The van der Waals surface area contributed by atoms with Gasteiger partial charge in [0, 0.05) is 22.2 Å². The second kappa shape index (κ2) is 7.13. The predicted molar refractivity (Wildman–Crippen MR) is 119 cm³/mol. The minimum atomic E-state index is 1.06. The Bertz CT molecular complexity index is 1120. The molecule has 27 heavy (non-hydrogen) atoms. The number of allylic oxidation sites excluding steroid dienone is 1. The van der Waals surface area contributed by atoms with E-state index in [4.69, 9.17) is 0 Å². The summed E-state index contributed by atoms with van der Waals surface area (Å²) in [5.41, 5.74) is 9.61. The number of nitrogens with one attached hydrogen (secondary N) is 1. The van der Waals surface area contributed by atoms with Gasteiger partial charge in [0.1, 0.15) is 0 Å². The fourth-order valence-corrected chi connectivity index (χ4v) is 3.52. The van der Waals surface area contributed by atoms with E-state index in [0.29, 0.717) is 0 Å². The molecular formula is C26H23N. The molecule has 0 saturated carbocycles. The van der Waals surface area contributed by atoms with Gasteiger partial charge in [0.05, 0.1) is 0 Å². The van der Waals surface area contributed by atoms with E-state index in [9.17, 15) is 0 Å². The molecule has 0 saturated heterocycles. The number of fused-ring (bicyclic) bond motifs is 1. The van der Waals surface area contributed by atoms with E-state index in [-0.39, 0.29) is 0 Å². The van der Waals surface area contributed by atoms with Crippen LogP contribution in [0.4, 0.5) is 0 Å². The van der Waals surface area contributed by atoms with Crippen molar-refractivity contribution in [2.24, 2.45) is 0 Å². The lowest BCUT2D eigenvalue weighted by Crippen LogP contribution is -1.82. The number of aryl methyl sites for hydroxylation is 1. The standard InChI is InChI=1S/C26H23N/c1-4-6-23-24-17-22(15-16-26(24)27-25(23)5-2)21-13-11-20(12-14-21)19-9-7-18(3)8-10-19/h4-17,27H,2H2,1,3H3/b6-4-. The van der Waals surface area contributed by atoms with Gasteiger partial charge in [0.2, 0.25) is 0 Å². The molecule has 1 heteroatoms. The van der Waals surface area contributed by atoms with Crippen LogP contribution in [0.1, 0.15) is 23.7 Å². The Hall–Kier alpha value is -3.32. The molecule has 1 heterocycles. The minimum Gasteiger partial charge on any atom is -0.355 e. The van der Waals surface area contributed by atoms with Crippen molar-refractivity contribution < 1.29 is 0 Å². The van der Waals surface area contributed by atoms with Crippen molar-refractivity contribution in [2.75, 3.05) is 0 Å². The third-order valence-corrected chi connectivity index (χ3v) is 5.01. The summed E-state index contributed by atoms with van der Waals surface area (Å²) in [6, 6.07) is 24.0. The van der Waals surface area contributed by atoms with Gasteiger partial charge in [-0.3, -0.25) is 0 Å². The Balaban J connectivity index is 1.74. The highest BCUT2D eigenvalue weighted by atomic mass is 14.7. The summed E-state index contributed by atoms with van der Waals surface area (Å²) in [6.07, 6.45) is 6.09. The van der Waals surface area contributed by atoms with E-state index in [1.807, 2.05) is 13.0 Å². The van der Waals surface area contributed by atoms with Crippen molar-refractivity contribution >= 4 is 23.1 Å². The number of H-pyrrole nitrogens is 1. The fraction of sp³-hybridized carbons (Fsp3) is 0.0769. The van der Waals surface area contributed by atoms with Crippen LogP contribution in [0, 0.1) is 6.92 Å². The number of benzene rings is 3. The third-order valence-electron chi connectivity index (χ3n) is 5.01. The highest BCUT2D eigenvalue weighted by molar-refractivity contribution is 5.95. The van der Waals surface area contributed by atoms with E-state index >= 15 is 0 Å². The highest BCUT2D eigenvalue weighted by Gasteiger charge is 2.09. The van der Waals surface area contributed by atoms with Crippen LogP contribution in [0.2, 0.25) is 0 Å². The van der Waals surface area contributed by atoms with Gasteiger partial charge in [-0.25, -0.2) is 0 Å². The molecule has 0 spiro atoms. The first kappa shape index (κ1) is 17.1. The van der Waals surface area contributed by atoms with Gasteiger partial charge in [-0.2, -0.15) is 0 Å². The van der Waals surface area contributed by atoms with Gasteiger partial charge in [0.25, 0.3) is 0 Å². The molecule has 0 amide bonds. The van der Waals surface area contributed by atoms with E-state index in [1.54, 1.807) is 0 Å². The summed E-state index contributed by atoms with van der Waals surface area (Å²) < 4.78 is 0. The van der Waals surface area contributed by atoms with Gasteiger partial charge in [-0.15, -0.1) is 0 Å². The number of rotatable bonds is 4. The molecule has 0 unspecified atom stereocenters. The van der Waals surface area contributed by atoms with Gasteiger partial charge in [0.15, 0.2) is 0 Å². The molecule has 0 radical (unpaired) electrons. The number of hydrogen-bond donors (Lipinski definition) is 1. The van der Waals surface area contributed by atoms with Crippen LogP contribution in [-0.2, 0) is 0 Å². The van der Waals surface area contributed by atoms with Gasteiger partial charge < -0.3 is 4.98 Å². The summed E-state index contributed by atoms with van der Waals surface area (Å²) in [6.45, 7) is 8.08. The lowest BCUT2D eigenvalue weighted by molar-refractivity contribution is 1.42. The molecule has 0 aliphatic heterocycles. The number of aromatic amines is 1. The van der Waals surface area contributed by atoms with Crippen LogP contribution in [0.15, 0.2) is 79.4 Å². The predicted octanol–water partition coefficient (Wildman–Crippen LogP) is 7.49. The summed E-state index contributed by atoms with van der Waals surface area (Å²) in [7, 11) is 0. The highest BCUT2D eigenvalue weighted by Crippen LogP contribution is 2.31. The van der Waals surface area contributed by atoms with Crippen LogP contribution >= 0.6 is 0 Å². The Morgan fingerprint density at radius 2 is 1.33 bits per heavy atom. The topological polar surface area (TPSA) is 15.8 Å². The molecule has 132 valence electrons. The van der Waals surface area contributed by atoms with Crippen molar-refractivity contribution in [1.29, 1.82) is 0 Å². The smallest absolute Gasteiger partial charge is 0.0465 e. The Kier molecular flexibility index (Phi) is 4.52. The molecule has 1 N–H and O–H groups in total. The van der Waals surface area contributed by atoms with Crippen LogP contribution in [-0.4, -0.2) is 4.98 Å². The van der Waals surface area contributed by atoms with Crippen LogP contribution in [0.3, 0.4) is 0 Å². The quantitative estimate of drug-likeness (QED) is 0.393. The first-order chi connectivity index (χ1) is 13.2. The zero-order valence-electron chi connectivity index (χ0n) is 15.8. The molecule has 4 rings (SSSR count). The van der Waals surface area contributed by atoms with Gasteiger partial charge in [-0.05, 0) is 54.3 Å². The Morgan fingerprint density at radius 1 is 0.778 bits per heavy atom. The van der Waals surface area contributed by atoms with Crippen molar-refractivity contribution in [1.82, 2.24) is 4.98 Å². The van der Waals surface area contributed by atoms with Crippen LogP contribution in [0.5, 0.6) is 0 Å². The molecule has 1 aromatic heterocycles. The monoisotopic (exact) mass is 349 g/mol. The summed E-state index contributed by atoms with van der Waals surface area (Å²) in [4.78, 5) is 3.44. The summed E-state index contributed by atoms with van der Waals surface area (Å²) >= 11 is 0. The first-order valence-corrected chi connectivity index (χ1v) is 9.28. The van der Waals surface area contributed by atoms with Crippen molar-refractivity contribution in [3.05, 3.63) is 96.2 Å². The number of hydrogen-bond acceptors (Lipinski definition) is 0. The minimum absolute atomic E-state index is 1.06. The molecule has 0 atom stereocenters. The second-order valence-corrected chi connectivity index (χ2v) is 6.86. The molecular weight excluding hydrogens is 326 g/mol. The van der Waals surface area contributed by atoms with Gasteiger partial charge in [-0.1, -0.05) is 78.9 Å². The van der Waals surface area contributed by atoms with Crippen molar-refractivity contribution in [3.63, 3.8) is 0 Å².